The minimum Gasteiger partial charge on any atom is -0.472 e. The molecule has 206 valence electrons. The summed E-state index contributed by atoms with van der Waals surface area (Å²) in [6.45, 7) is 4.29. The van der Waals surface area contributed by atoms with Gasteiger partial charge in [-0.3, -0.25) is 4.79 Å². The third-order valence-corrected chi connectivity index (χ3v) is 8.41. The summed E-state index contributed by atoms with van der Waals surface area (Å²) >= 11 is 0. The number of carbonyl (C=O) groups excluding carboxylic acids is 1. The van der Waals surface area contributed by atoms with Crippen LogP contribution in [0.4, 0.5) is 4.39 Å². The summed E-state index contributed by atoms with van der Waals surface area (Å²) in [5.74, 6) is 1.34. The number of nitrogens with one attached hydrogen (secondary N) is 2. The monoisotopic (exact) mass is 541 g/mol. The molecular weight excluding hydrogens is 509 g/mol. The van der Waals surface area contributed by atoms with E-state index in [1.807, 2.05) is 20.0 Å². The van der Waals surface area contributed by atoms with Crippen molar-refractivity contribution in [1.29, 1.82) is 0 Å². The Labute approximate surface area is 230 Å². The Balaban J connectivity index is 1.17. The van der Waals surface area contributed by atoms with Gasteiger partial charge in [-0.2, -0.15) is 0 Å². The van der Waals surface area contributed by atoms with Crippen LogP contribution < -0.4 is 5.73 Å². The maximum atomic E-state index is 14.5. The second-order valence-electron chi connectivity index (χ2n) is 11.3. The van der Waals surface area contributed by atoms with E-state index in [4.69, 9.17) is 10.5 Å². The summed E-state index contributed by atoms with van der Waals surface area (Å²) in [5.41, 5.74) is 13.4. The van der Waals surface area contributed by atoms with E-state index in [2.05, 4.69) is 54.8 Å². The van der Waals surface area contributed by atoms with Gasteiger partial charge in [-0.05, 0) is 48.6 Å². The van der Waals surface area contributed by atoms with Crippen molar-refractivity contribution in [3.63, 3.8) is 0 Å². The molecule has 2 aliphatic heterocycles. The first-order valence-electron chi connectivity index (χ1n) is 13.8. The van der Waals surface area contributed by atoms with Crippen LogP contribution in [-0.4, -0.2) is 54.1 Å². The van der Waals surface area contributed by atoms with Gasteiger partial charge in [0, 0.05) is 22.9 Å². The number of rotatable bonds is 5. The lowest BCUT2D eigenvalue weighted by molar-refractivity contribution is -0.134. The number of imidazole rings is 2. The predicted molar refractivity (Wildman–Crippen MR) is 150 cm³/mol. The minimum absolute atomic E-state index is 0.0217. The fourth-order valence-corrected chi connectivity index (χ4v) is 6.11. The van der Waals surface area contributed by atoms with Gasteiger partial charge in [-0.25, -0.2) is 14.4 Å². The molecule has 3 atom stereocenters. The molecule has 4 aromatic rings. The fraction of sp³-hybridized carbons (Fsp3) is 0.367. The number of fused-ring (bicyclic) bond motifs is 4. The lowest BCUT2D eigenvalue weighted by Gasteiger charge is -2.28. The second-order valence-corrected chi connectivity index (χ2v) is 11.3. The Kier molecular flexibility index (Phi) is 5.88. The molecule has 5 heterocycles. The highest BCUT2D eigenvalue weighted by Crippen LogP contribution is 2.41. The topological polar surface area (TPSA) is 118 Å². The predicted octanol–water partition coefficient (Wildman–Crippen LogP) is 4.93. The molecule has 0 radical (unpaired) electrons. The average Bonchev–Trinajstić information content (AvgIpc) is 3.76. The number of likely N-dealkylation sites (tertiary alicyclic amines) is 1. The molecule has 3 aliphatic rings. The summed E-state index contributed by atoms with van der Waals surface area (Å²) in [5, 5.41) is 1.16. The van der Waals surface area contributed by atoms with Gasteiger partial charge in [-0.15, -0.1) is 0 Å². The number of alkyl halides is 1. The van der Waals surface area contributed by atoms with Gasteiger partial charge in [0.25, 0.3) is 0 Å². The van der Waals surface area contributed by atoms with Crippen LogP contribution in [0, 0.1) is 5.92 Å². The highest BCUT2D eigenvalue weighted by molar-refractivity contribution is 5.91. The van der Waals surface area contributed by atoms with E-state index in [1.54, 1.807) is 17.4 Å². The molecule has 0 saturated carbocycles. The van der Waals surface area contributed by atoms with Crippen molar-refractivity contribution in [1.82, 2.24) is 29.4 Å². The average molecular weight is 542 g/mol. The quantitative estimate of drug-likeness (QED) is 0.331. The van der Waals surface area contributed by atoms with Gasteiger partial charge < -0.3 is 29.9 Å². The second kappa shape index (κ2) is 9.48. The van der Waals surface area contributed by atoms with Gasteiger partial charge in [0.2, 0.25) is 5.91 Å². The van der Waals surface area contributed by atoms with Gasteiger partial charge in [0.1, 0.15) is 17.8 Å². The van der Waals surface area contributed by atoms with E-state index in [0.717, 1.165) is 57.9 Å². The number of nitrogens with two attached hydrogens (primary N) is 1. The Bertz CT molecular complexity index is 1660. The van der Waals surface area contributed by atoms with Crippen molar-refractivity contribution < 1.29 is 13.9 Å². The molecule has 9 nitrogen and oxygen atoms in total. The standard InChI is InChI=1S/C30H32FN7O2/c1-16(2)28(32)30(39)37-13-20(31)10-26(37)23-12-34-29(36-23)18-3-5-21-25-8-19-7-17(22-11-33-14-35-22)4-6-24(19)38(25)15-40-27(21)9-18/h4,6-9,11-12,14,16,20,26,28H,3,5,10,13,15,32H2,1-2H3,(H,33,35)(H,34,36). The number of aromatic nitrogens is 5. The molecule has 3 aromatic heterocycles. The number of amides is 1. The molecular formula is C30H32FN7O2. The number of H-pyrrole nitrogens is 2. The number of carbonyl (C=O) groups is 1. The van der Waals surface area contributed by atoms with Gasteiger partial charge in [0.05, 0.1) is 59.9 Å². The summed E-state index contributed by atoms with van der Waals surface area (Å²) in [7, 11) is 0. The van der Waals surface area contributed by atoms with Crippen LogP contribution in [0.2, 0.25) is 0 Å². The Morgan fingerprint density at radius 1 is 1.23 bits per heavy atom. The van der Waals surface area contributed by atoms with Crippen molar-refractivity contribution in [2.75, 3.05) is 6.54 Å². The minimum atomic E-state index is -1.08. The van der Waals surface area contributed by atoms with Crippen molar-refractivity contribution in [2.24, 2.45) is 11.7 Å². The largest absolute Gasteiger partial charge is 0.472 e. The zero-order chi connectivity index (χ0) is 27.5. The first kappa shape index (κ1) is 24.8. The molecule has 4 N–H and O–H groups in total. The Morgan fingerprint density at radius 2 is 2.10 bits per heavy atom. The van der Waals surface area contributed by atoms with Crippen molar-refractivity contribution in [3.05, 3.63) is 72.0 Å². The van der Waals surface area contributed by atoms with Crippen molar-refractivity contribution in [2.45, 2.75) is 58.1 Å². The molecule has 1 aliphatic carbocycles. The van der Waals surface area contributed by atoms with E-state index < -0.39 is 18.3 Å². The Morgan fingerprint density at radius 3 is 2.90 bits per heavy atom. The van der Waals surface area contributed by atoms with E-state index in [9.17, 15) is 9.18 Å². The third kappa shape index (κ3) is 4.05. The molecule has 0 spiro atoms. The highest BCUT2D eigenvalue weighted by Gasteiger charge is 2.39. The lowest BCUT2D eigenvalue weighted by Crippen LogP contribution is -2.46. The number of benzene rings is 1. The smallest absolute Gasteiger partial charge is 0.240 e. The van der Waals surface area contributed by atoms with E-state index in [-0.39, 0.29) is 24.8 Å². The first-order chi connectivity index (χ1) is 19.4. The molecule has 7 rings (SSSR count). The van der Waals surface area contributed by atoms with Gasteiger partial charge in [0.15, 0.2) is 6.73 Å². The molecule has 1 amide bonds. The summed E-state index contributed by atoms with van der Waals surface area (Å²) in [6, 6.07) is 7.58. The summed E-state index contributed by atoms with van der Waals surface area (Å²) in [4.78, 5) is 29.9. The van der Waals surface area contributed by atoms with Crippen LogP contribution in [0.1, 0.15) is 56.4 Å². The van der Waals surface area contributed by atoms with Crippen LogP contribution in [0.25, 0.3) is 33.3 Å². The molecule has 0 bridgehead atoms. The van der Waals surface area contributed by atoms with E-state index >= 15 is 0 Å². The number of nitrogens with zero attached hydrogens (tertiary/aromatic N) is 4. The van der Waals surface area contributed by atoms with Crippen molar-refractivity contribution in [3.8, 4) is 11.3 Å². The van der Waals surface area contributed by atoms with E-state index in [0.29, 0.717) is 6.73 Å². The van der Waals surface area contributed by atoms with Crippen LogP contribution in [0.15, 0.2) is 54.8 Å². The number of aromatic amines is 2. The summed E-state index contributed by atoms with van der Waals surface area (Å²) < 4.78 is 22.9. The molecule has 40 heavy (non-hydrogen) atoms. The van der Waals surface area contributed by atoms with E-state index in [1.165, 1.54) is 11.3 Å². The van der Waals surface area contributed by atoms with Crippen molar-refractivity contribution >= 4 is 28.0 Å². The maximum Gasteiger partial charge on any atom is 0.240 e. The number of allylic oxidation sites excluding steroid dienone is 3. The first-order valence-corrected chi connectivity index (χ1v) is 13.8. The van der Waals surface area contributed by atoms with Crippen LogP contribution >= 0.6 is 0 Å². The number of ether oxygens (including phenoxy) is 1. The highest BCUT2D eigenvalue weighted by atomic mass is 19.1. The molecule has 1 fully saturated rings. The zero-order valence-electron chi connectivity index (χ0n) is 22.5. The lowest BCUT2D eigenvalue weighted by atomic mass is 9.94. The maximum absolute atomic E-state index is 14.5. The third-order valence-electron chi connectivity index (χ3n) is 8.41. The van der Waals surface area contributed by atoms with Crippen LogP contribution in [0.5, 0.6) is 0 Å². The number of hydrogen-bond donors (Lipinski definition) is 3. The molecule has 1 saturated heterocycles. The van der Waals surface area contributed by atoms with Gasteiger partial charge >= 0.3 is 0 Å². The normalized spacial score (nSPS) is 21.4. The number of halogens is 1. The Hall–Kier alpha value is -4.18. The SMILES string of the molecule is CC(C)C(N)C(=O)N1CC(F)CC1c1cnc(C2=CC3=C(CC2)c2cc4cc(-c5cnc[nH]5)ccc4n2CO3)[nH]1. The van der Waals surface area contributed by atoms with Crippen LogP contribution in [0.3, 0.4) is 0 Å². The van der Waals surface area contributed by atoms with Gasteiger partial charge in [-0.1, -0.05) is 19.9 Å². The number of hydrogen-bond acceptors (Lipinski definition) is 5. The molecule has 3 unspecified atom stereocenters. The summed E-state index contributed by atoms with van der Waals surface area (Å²) in [6.07, 6.45) is 8.04. The van der Waals surface area contributed by atoms with Crippen LogP contribution in [-0.2, 0) is 16.3 Å². The fourth-order valence-electron chi connectivity index (χ4n) is 6.11. The zero-order valence-corrected chi connectivity index (χ0v) is 22.5. The molecule has 10 heteroatoms. The molecule has 1 aromatic carbocycles.